The van der Waals surface area contributed by atoms with Crippen LogP contribution in [-0.2, 0) is 17.6 Å². The number of H-pyrrole nitrogens is 1. The van der Waals surface area contributed by atoms with Crippen LogP contribution in [0.2, 0.25) is 0 Å². The molecule has 140 valence electrons. The van der Waals surface area contributed by atoms with E-state index in [2.05, 4.69) is 15.3 Å². The minimum atomic E-state index is -0.167. The summed E-state index contributed by atoms with van der Waals surface area (Å²) in [6, 6.07) is 0. The number of likely N-dealkylation sites (tertiary alicyclic amines) is 1. The number of aromatic amines is 1. The van der Waals surface area contributed by atoms with Crippen molar-refractivity contribution in [2.24, 2.45) is 5.41 Å². The number of hydrogen-bond acceptors (Lipinski definition) is 4. The van der Waals surface area contributed by atoms with E-state index in [0.29, 0.717) is 28.9 Å². The largest absolute Gasteiger partial charge is 0.342 e. The molecule has 25 heavy (non-hydrogen) atoms. The molecule has 6 nitrogen and oxygen atoms in total. The number of nitrogens with zero attached hydrogens (tertiary/aromatic N) is 2. The fraction of sp³-hybridized carbons (Fsp3) is 0.722. The Morgan fingerprint density at radius 3 is 2.40 bits per heavy atom. The Labute approximate surface area is 155 Å². The van der Waals surface area contributed by atoms with E-state index in [9.17, 15) is 9.59 Å². The second-order valence-electron chi connectivity index (χ2n) is 7.24. The first-order valence-electron chi connectivity index (χ1n) is 9.10. The molecule has 2 saturated heterocycles. The van der Waals surface area contributed by atoms with Crippen LogP contribution in [0.4, 0.5) is 0 Å². The molecule has 0 unspecified atom stereocenters. The summed E-state index contributed by atoms with van der Waals surface area (Å²) in [7, 11) is 0. The molecular formula is C18H29ClN4O2. The van der Waals surface area contributed by atoms with Crippen LogP contribution in [0.3, 0.4) is 0 Å². The van der Waals surface area contributed by atoms with E-state index < -0.39 is 0 Å². The summed E-state index contributed by atoms with van der Waals surface area (Å²) in [5.74, 6) is 0.734. The number of halogens is 1. The number of carbonyl (C=O) groups excluding carboxylic acids is 1. The molecule has 0 atom stereocenters. The Kier molecular flexibility index (Phi) is 6.63. The standard InChI is InChI=1S/C18H28N4O2.ClH/c1-3-15-20-13(2)14(17(24)21-15)12-16(23)22-10-6-18(7-11-22)4-8-19-9-5-18;/h19H,3-12H2,1-2H3,(H,20,21,24);1H. The lowest BCUT2D eigenvalue weighted by Crippen LogP contribution is -2.47. The zero-order valence-corrected chi connectivity index (χ0v) is 16.0. The van der Waals surface area contributed by atoms with Gasteiger partial charge in [0.2, 0.25) is 5.91 Å². The average Bonchev–Trinajstić information content (AvgIpc) is 2.59. The van der Waals surface area contributed by atoms with E-state index in [-0.39, 0.29) is 30.3 Å². The highest BCUT2D eigenvalue weighted by Gasteiger charge is 2.36. The first-order chi connectivity index (χ1) is 11.5. The number of aromatic nitrogens is 2. The van der Waals surface area contributed by atoms with Crippen LogP contribution in [0.25, 0.3) is 0 Å². The number of aryl methyl sites for hydroxylation is 2. The summed E-state index contributed by atoms with van der Waals surface area (Å²) in [5, 5.41) is 3.42. The lowest BCUT2D eigenvalue weighted by molar-refractivity contribution is -0.133. The van der Waals surface area contributed by atoms with E-state index in [1.165, 1.54) is 12.8 Å². The molecule has 7 heteroatoms. The van der Waals surface area contributed by atoms with Crippen LogP contribution < -0.4 is 10.9 Å². The van der Waals surface area contributed by atoms with Gasteiger partial charge in [0.1, 0.15) is 5.82 Å². The van der Waals surface area contributed by atoms with Crippen LogP contribution in [0, 0.1) is 12.3 Å². The van der Waals surface area contributed by atoms with Gasteiger partial charge in [-0.15, -0.1) is 12.4 Å². The van der Waals surface area contributed by atoms with Crippen molar-refractivity contribution in [3.05, 3.63) is 27.4 Å². The van der Waals surface area contributed by atoms with Crippen LogP contribution in [-0.4, -0.2) is 47.0 Å². The fourth-order valence-electron chi connectivity index (χ4n) is 3.99. The van der Waals surface area contributed by atoms with Gasteiger partial charge >= 0.3 is 0 Å². The monoisotopic (exact) mass is 368 g/mol. The maximum Gasteiger partial charge on any atom is 0.254 e. The van der Waals surface area contributed by atoms with Crippen molar-refractivity contribution in [1.29, 1.82) is 0 Å². The number of amides is 1. The third kappa shape index (κ3) is 4.42. The molecule has 2 aliphatic heterocycles. The van der Waals surface area contributed by atoms with E-state index in [1.807, 2.05) is 18.7 Å². The summed E-state index contributed by atoms with van der Waals surface area (Å²) in [6.07, 6.45) is 5.46. The quantitative estimate of drug-likeness (QED) is 0.849. The zero-order chi connectivity index (χ0) is 17.2. The molecule has 1 aromatic rings. The Balaban J connectivity index is 0.00000225. The third-order valence-corrected chi connectivity index (χ3v) is 5.78. The number of hydrogen-bond donors (Lipinski definition) is 2. The summed E-state index contributed by atoms with van der Waals surface area (Å²) in [6.45, 7) is 7.59. The van der Waals surface area contributed by atoms with Gasteiger partial charge in [-0.25, -0.2) is 4.98 Å². The Hall–Kier alpha value is -1.40. The molecule has 1 spiro atoms. The van der Waals surface area contributed by atoms with Gasteiger partial charge in [0.25, 0.3) is 5.56 Å². The zero-order valence-electron chi connectivity index (χ0n) is 15.2. The highest BCUT2D eigenvalue weighted by atomic mass is 35.5. The molecule has 0 aliphatic carbocycles. The second kappa shape index (κ2) is 8.32. The van der Waals surface area contributed by atoms with Crippen LogP contribution in [0.1, 0.15) is 49.7 Å². The van der Waals surface area contributed by atoms with Crippen molar-refractivity contribution < 1.29 is 4.79 Å². The van der Waals surface area contributed by atoms with Crippen LogP contribution >= 0.6 is 12.4 Å². The van der Waals surface area contributed by atoms with Crippen molar-refractivity contribution in [2.45, 2.75) is 52.4 Å². The first kappa shape index (κ1) is 19.9. The number of rotatable bonds is 3. The lowest BCUT2D eigenvalue weighted by atomic mass is 9.71. The maximum atomic E-state index is 12.6. The van der Waals surface area contributed by atoms with Gasteiger partial charge in [-0.05, 0) is 51.1 Å². The van der Waals surface area contributed by atoms with Gasteiger partial charge in [-0.3, -0.25) is 9.59 Å². The van der Waals surface area contributed by atoms with Crippen molar-refractivity contribution in [3.8, 4) is 0 Å². The van der Waals surface area contributed by atoms with Gasteiger partial charge in [0, 0.05) is 30.8 Å². The normalized spacial score (nSPS) is 19.5. The van der Waals surface area contributed by atoms with Gasteiger partial charge in [-0.1, -0.05) is 6.92 Å². The fourth-order valence-corrected chi connectivity index (χ4v) is 3.99. The molecule has 3 heterocycles. The molecule has 1 amide bonds. The van der Waals surface area contributed by atoms with Gasteiger partial charge in [0.15, 0.2) is 0 Å². The third-order valence-electron chi connectivity index (χ3n) is 5.78. The molecule has 0 saturated carbocycles. The smallest absolute Gasteiger partial charge is 0.254 e. The van der Waals surface area contributed by atoms with Crippen molar-refractivity contribution in [2.75, 3.05) is 26.2 Å². The highest BCUT2D eigenvalue weighted by Crippen LogP contribution is 2.39. The minimum Gasteiger partial charge on any atom is -0.342 e. The number of piperidine rings is 2. The minimum absolute atomic E-state index is 0. The Morgan fingerprint density at radius 2 is 1.84 bits per heavy atom. The molecule has 2 fully saturated rings. The van der Waals surface area contributed by atoms with Gasteiger partial charge < -0.3 is 15.2 Å². The topological polar surface area (TPSA) is 78.1 Å². The van der Waals surface area contributed by atoms with Crippen molar-refractivity contribution >= 4 is 18.3 Å². The Morgan fingerprint density at radius 1 is 1.20 bits per heavy atom. The van der Waals surface area contributed by atoms with E-state index >= 15 is 0 Å². The number of nitrogens with one attached hydrogen (secondary N) is 2. The summed E-state index contributed by atoms with van der Waals surface area (Å²) in [4.78, 5) is 33.9. The van der Waals surface area contributed by atoms with Crippen molar-refractivity contribution in [1.82, 2.24) is 20.2 Å². The molecule has 2 aliphatic rings. The average molecular weight is 369 g/mol. The molecule has 2 N–H and O–H groups in total. The second-order valence-corrected chi connectivity index (χ2v) is 7.24. The Bertz CT molecular complexity index is 658. The molecule has 0 radical (unpaired) electrons. The molecule has 3 rings (SSSR count). The molecular weight excluding hydrogens is 340 g/mol. The molecule has 0 aromatic carbocycles. The predicted octanol–water partition coefficient (Wildman–Crippen LogP) is 1.60. The van der Waals surface area contributed by atoms with E-state index in [4.69, 9.17) is 0 Å². The van der Waals surface area contributed by atoms with E-state index in [0.717, 1.165) is 39.0 Å². The maximum absolute atomic E-state index is 12.6. The van der Waals surface area contributed by atoms with E-state index in [1.54, 1.807) is 0 Å². The first-order valence-corrected chi connectivity index (χ1v) is 9.10. The van der Waals surface area contributed by atoms with Crippen LogP contribution in [0.5, 0.6) is 0 Å². The summed E-state index contributed by atoms with van der Waals surface area (Å²) < 4.78 is 0. The molecule has 0 bridgehead atoms. The van der Waals surface area contributed by atoms with Crippen LogP contribution in [0.15, 0.2) is 4.79 Å². The SMILES string of the molecule is CCc1nc(C)c(CC(=O)N2CCC3(CCNCC3)CC2)c(=O)[nH]1.Cl. The summed E-state index contributed by atoms with van der Waals surface area (Å²) >= 11 is 0. The predicted molar refractivity (Wildman–Crippen MR) is 100 cm³/mol. The van der Waals surface area contributed by atoms with Gasteiger partial charge in [0.05, 0.1) is 6.42 Å². The van der Waals surface area contributed by atoms with Gasteiger partial charge in [-0.2, -0.15) is 0 Å². The molecule has 1 aromatic heterocycles. The number of carbonyl (C=O) groups is 1. The highest BCUT2D eigenvalue weighted by molar-refractivity contribution is 5.85. The lowest BCUT2D eigenvalue weighted by Gasteiger charge is -2.44. The summed E-state index contributed by atoms with van der Waals surface area (Å²) in [5.41, 5.74) is 1.45. The van der Waals surface area contributed by atoms with Crippen molar-refractivity contribution in [3.63, 3.8) is 0 Å².